The van der Waals surface area contributed by atoms with Crippen molar-refractivity contribution in [2.75, 3.05) is 13.1 Å². The van der Waals surface area contributed by atoms with Crippen LogP contribution in [0.3, 0.4) is 0 Å². The maximum atomic E-state index is 3.59. The van der Waals surface area contributed by atoms with Gasteiger partial charge in [-0.05, 0) is 48.4 Å². The van der Waals surface area contributed by atoms with Crippen molar-refractivity contribution in [3.05, 3.63) is 34.3 Å². The molecule has 3 rings (SSSR count). The Labute approximate surface area is 118 Å². The van der Waals surface area contributed by atoms with Gasteiger partial charge in [-0.3, -0.25) is 0 Å². The molecule has 0 spiro atoms. The Bertz CT molecular complexity index is 410. The largest absolute Gasteiger partial charge is 0.316 e. The first-order valence-electron chi connectivity index (χ1n) is 7.13. The van der Waals surface area contributed by atoms with Gasteiger partial charge in [0.05, 0.1) is 0 Å². The number of nitrogens with one attached hydrogen (secondary N) is 1. The molecule has 0 radical (unpaired) electrons. The van der Waals surface area contributed by atoms with Crippen molar-refractivity contribution in [3.63, 3.8) is 0 Å². The van der Waals surface area contributed by atoms with Gasteiger partial charge in [0.25, 0.3) is 0 Å². The molecule has 1 nitrogen and oxygen atoms in total. The summed E-state index contributed by atoms with van der Waals surface area (Å²) < 4.78 is 1.18. The third-order valence-electron chi connectivity index (χ3n) is 4.79. The van der Waals surface area contributed by atoms with Gasteiger partial charge in [-0.1, -0.05) is 47.8 Å². The van der Waals surface area contributed by atoms with E-state index in [1.54, 1.807) is 0 Å². The SMILES string of the molecule is CC1(CC2CC2)CCNCC1c1ccc(Br)cc1. The van der Waals surface area contributed by atoms with Crippen LogP contribution < -0.4 is 5.32 Å². The van der Waals surface area contributed by atoms with Crippen LogP contribution in [0.2, 0.25) is 0 Å². The van der Waals surface area contributed by atoms with Crippen molar-refractivity contribution < 1.29 is 0 Å². The number of benzene rings is 1. The molecule has 2 fully saturated rings. The van der Waals surface area contributed by atoms with Gasteiger partial charge < -0.3 is 5.32 Å². The summed E-state index contributed by atoms with van der Waals surface area (Å²) in [6.07, 6.45) is 5.69. The molecule has 1 saturated heterocycles. The lowest BCUT2D eigenvalue weighted by Gasteiger charge is -2.42. The maximum Gasteiger partial charge on any atom is 0.0175 e. The van der Waals surface area contributed by atoms with Gasteiger partial charge in [0.1, 0.15) is 0 Å². The second-order valence-corrected chi connectivity index (χ2v) is 7.28. The summed E-state index contributed by atoms with van der Waals surface area (Å²) in [5.74, 6) is 1.70. The van der Waals surface area contributed by atoms with Gasteiger partial charge in [-0.2, -0.15) is 0 Å². The number of hydrogen-bond donors (Lipinski definition) is 1. The molecule has 2 aliphatic rings. The van der Waals surface area contributed by atoms with Crippen LogP contribution in [0, 0.1) is 11.3 Å². The molecule has 1 saturated carbocycles. The second-order valence-electron chi connectivity index (χ2n) is 6.36. The topological polar surface area (TPSA) is 12.0 Å². The average Bonchev–Trinajstić information content (AvgIpc) is 3.14. The summed E-state index contributed by atoms with van der Waals surface area (Å²) in [7, 11) is 0. The zero-order valence-corrected chi connectivity index (χ0v) is 12.7. The minimum Gasteiger partial charge on any atom is -0.316 e. The molecule has 1 aliphatic heterocycles. The lowest BCUT2D eigenvalue weighted by molar-refractivity contribution is 0.163. The van der Waals surface area contributed by atoms with E-state index in [4.69, 9.17) is 0 Å². The zero-order chi connectivity index (χ0) is 12.6. The number of halogens is 1. The van der Waals surface area contributed by atoms with Crippen LogP contribution in [0.25, 0.3) is 0 Å². The Morgan fingerprint density at radius 1 is 1.28 bits per heavy atom. The van der Waals surface area contributed by atoms with Crippen molar-refractivity contribution >= 4 is 15.9 Å². The summed E-state index contributed by atoms with van der Waals surface area (Å²) in [4.78, 5) is 0. The first-order valence-corrected chi connectivity index (χ1v) is 7.93. The molecule has 1 heterocycles. The molecule has 2 atom stereocenters. The average molecular weight is 308 g/mol. The smallest absolute Gasteiger partial charge is 0.0175 e. The summed E-state index contributed by atoms with van der Waals surface area (Å²) in [6.45, 7) is 4.85. The van der Waals surface area contributed by atoms with Crippen LogP contribution in [0.15, 0.2) is 28.7 Å². The fourth-order valence-electron chi connectivity index (χ4n) is 3.48. The van der Waals surface area contributed by atoms with E-state index in [-0.39, 0.29) is 0 Å². The highest BCUT2D eigenvalue weighted by Crippen LogP contribution is 2.50. The molecule has 1 N–H and O–H groups in total. The molecule has 1 aromatic carbocycles. The van der Waals surface area contributed by atoms with E-state index in [1.165, 1.54) is 42.3 Å². The Hall–Kier alpha value is -0.340. The third kappa shape index (κ3) is 2.65. The van der Waals surface area contributed by atoms with Gasteiger partial charge in [-0.25, -0.2) is 0 Å². The third-order valence-corrected chi connectivity index (χ3v) is 5.32. The Morgan fingerprint density at radius 3 is 2.67 bits per heavy atom. The maximum absolute atomic E-state index is 3.59. The first-order chi connectivity index (χ1) is 8.67. The summed E-state index contributed by atoms with van der Waals surface area (Å²) in [5, 5.41) is 3.59. The Balaban J connectivity index is 1.83. The highest BCUT2D eigenvalue weighted by Gasteiger charge is 2.41. The number of piperidine rings is 1. The van der Waals surface area contributed by atoms with E-state index >= 15 is 0 Å². The molecule has 18 heavy (non-hydrogen) atoms. The normalized spacial score (nSPS) is 32.4. The van der Waals surface area contributed by atoms with Gasteiger partial charge >= 0.3 is 0 Å². The number of rotatable bonds is 3. The van der Waals surface area contributed by atoms with Gasteiger partial charge in [0.15, 0.2) is 0 Å². The molecular weight excluding hydrogens is 286 g/mol. The van der Waals surface area contributed by atoms with Crippen LogP contribution in [0.1, 0.15) is 44.1 Å². The zero-order valence-electron chi connectivity index (χ0n) is 11.1. The van der Waals surface area contributed by atoms with Gasteiger partial charge in [0, 0.05) is 16.9 Å². The predicted octanol–water partition coefficient (Wildman–Crippen LogP) is 4.33. The molecular formula is C16H22BrN. The Kier molecular flexibility index (Phi) is 3.50. The van der Waals surface area contributed by atoms with E-state index in [9.17, 15) is 0 Å². The minimum atomic E-state index is 0.500. The predicted molar refractivity (Wildman–Crippen MR) is 79.8 cm³/mol. The van der Waals surface area contributed by atoms with Crippen LogP contribution in [0.4, 0.5) is 0 Å². The molecule has 2 heteroatoms. The molecule has 1 aliphatic carbocycles. The molecule has 0 amide bonds. The molecule has 0 bridgehead atoms. The fraction of sp³-hybridized carbons (Fsp3) is 0.625. The molecule has 0 aromatic heterocycles. The van der Waals surface area contributed by atoms with E-state index in [2.05, 4.69) is 52.4 Å². The summed E-state index contributed by atoms with van der Waals surface area (Å²) in [6, 6.07) is 8.96. The lowest BCUT2D eigenvalue weighted by atomic mass is 9.66. The van der Waals surface area contributed by atoms with Crippen molar-refractivity contribution in [3.8, 4) is 0 Å². The quantitative estimate of drug-likeness (QED) is 0.876. The highest BCUT2D eigenvalue weighted by atomic mass is 79.9. The van der Waals surface area contributed by atoms with Crippen LogP contribution in [-0.4, -0.2) is 13.1 Å². The Morgan fingerprint density at radius 2 is 2.00 bits per heavy atom. The van der Waals surface area contributed by atoms with Crippen LogP contribution >= 0.6 is 15.9 Å². The standard InChI is InChI=1S/C16H22BrN/c1-16(10-12-2-3-12)8-9-18-11-15(16)13-4-6-14(17)7-5-13/h4-7,12,15,18H,2-3,8-11H2,1H3. The van der Waals surface area contributed by atoms with Crippen molar-refractivity contribution in [1.29, 1.82) is 0 Å². The van der Waals surface area contributed by atoms with Crippen molar-refractivity contribution in [1.82, 2.24) is 5.32 Å². The van der Waals surface area contributed by atoms with E-state index < -0.39 is 0 Å². The first kappa shape index (κ1) is 12.7. The lowest BCUT2D eigenvalue weighted by Crippen LogP contribution is -2.42. The van der Waals surface area contributed by atoms with E-state index in [0.717, 1.165) is 12.5 Å². The van der Waals surface area contributed by atoms with E-state index in [0.29, 0.717) is 11.3 Å². The second kappa shape index (κ2) is 4.97. The van der Waals surface area contributed by atoms with Crippen LogP contribution in [0.5, 0.6) is 0 Å². The number of hydrogen-bond acceptors (Lipinski definition) is 1. The van der Waals surface area contributed by atoms with Gasteiger partial charge in [0.2, 0.25) is 0 Å². The summed E-state index contributed by atoms with van der Waals surface area (Å²) >= 11 is 3.53. The van der Waals surface area contributed by atoms with E-state index in [1.807, 2.05) is 0 Å². The summed E-state index contributed by atoms with van der Waals surface area (Å²) in [5.41, 5.74) is 2.01. The fourth-order valence-corrected chi connectivity index (χ4v) is 3.75. The molecule has 2 unspecified atom stereocenters. The molecule has 1 aromatic rings. The highest BCUT2D eigenvalue weighted by molar-refractivity contribution is 9.10. The van der Waals surface area contributed by atoms with Crippen molar-refractivity contribution in [2.24, 2.45) is 11.3 Å². The van der Waals surface area contributed by atoms with Crippen LogP contribution in [-0.2, 0) is 0 Å². The van der Waals surface area contributed by atoms with Gasteiger partial charge in [-0.15, -0.1) is 0 Å². The van der Waals surface area contributed by atoms with Crippen molar-refractivity contribution in [2.45, 2.75) is 38.5 Å². The minimum absolute atomic E-state index is 0.500. The monoisotopic (exact) mass is 307 g/mol. The molecule has 98 valence electrons.